The quantitative estimate of drug-likeness (QED) is 0.804. The minimum Gasteiger partial charge on any atom is -0.384 e. The monoisotopic (exact) mass is 199 g/mol. The summed E-state index contributed by atoms with van der Waals surface area (Å²) in [6, 6.07) is 7.85. The largest absolute Gasteiger partial charge is 0.384 e. The van der Waals surface area contributed by atoms with Crippen molar-refractivity contribution < 1.29 is 0 Å². The summed E-state index contributed by atoms with van der Waals surface area (Å²) in [6.45, 7) is 1.97. The van der Waals surface area contributed by atoms with Crippen LogP contribution in [-0.4, -0.2) is 9.97 Å². The number of pyridine rings is 2. The van der Waals surface area contributed by atoms with E-state index < -0.39 is 0 Å². The van der Waals surface area contributed by atoms with Crippen molar-refractivity contribution in [3.63, 3.8) is 0 Å². The van der Waals surface area contributed by atoms with Crippen molar-refractivity contribution in [3.05, 3.63) is 53.5 Å². The molecule has 0 aliphatic rings. The molecule has 0 aliphatic heterocycles. The molecule has 3 heteroatoms. The van der Waals surface area contributed by atoms with Crippen molar-refractivity contribution in [2.75, 3.05) is 5.73 Å². The van der Waals surface area contributed by atoms with Gasteiger partial charge in [-0.1, -0.05) is 12.1 Å². The molecule has 0 aromatic carbocycles. The Morgan fingerprint density at radius 3 is 2.80 bits per heavy atom. The molecule has 2 N–H and O–H groups in total. The van der Waals surface area contributed by atoms with Crippen molar-refractivity contribution in [1.29, 1.82) is 0 Å². The first-order valence-electron chi connectivity index (χ1n) is 4.86. The van der Waals surface area contributed by atoms with Gasteiger partial charge in [-0.15, -0.1) is 0 Å². The zero-order valence-electron chi connectivity index (χ0n) is 8.64. The van der Waals surface area contributed by atoms with Gasteiger partial charge in [0, 0.05) is 24.5 Å². The lowest BCUT2D eigenvalue weighted by atomic mass is 10.1. The normalized spacial score (nSPS) is 10.2. The van der Waals surface area contributed by atoms with Crippen LogP contribution >= 0.6 is 0 Å². The highest BCUT2D eigenvalue weighted by Crippen LogP contribution is 2.12. The number of nitrogens with zero attached hydrogens (tertiary/aromatic N) is 2. The highest BCUT2D eigenvalue weighted by molar-refractivity contribution is 5.35. The van der Waals surface area contributed by atoms with Crippen LogP contribution in [0.1, 0.15) is 16.8 Å². The zero-order valence-corrected chi connectivity index (χ0v) is 8.64. The highest BCUT2D eigenvalue weighted by Gasteiger charge is 2.01. The first-order valence-corrected chi connectivity index (χ1v) is 4.86. The van der Waals surface area contributed by atoms with Crippen molar-refractivity contribution >= 4 is 5.82 Å². The number of hydrogen-bond acceptors (Lipinski definition) is 3. The maximum Gasteiger partial charge on any atom is 0.123 e. The Bertz CT molecular complexity index is 452. The summed E-state index contributed by atoms with van der Waals surface area (Å²) in [4.78, 5) is 8.31. The Morgan fingerprint density at radius 2 is 2.13 bits per heavy atom. The molecule has 0 bridgehead atoms. The maximum absolute atomic E-state index is 5.60. The lowest BCUT2D eigenvalue weighted by molar-refractivity contribution is 1.07. The van der Waals surface area contributed by atoms with Gasteiger partial charge in [-0.05, 0) is 30.2 Å². The number of nitrogen functional groups attached to an aromatic ring is 1. The van der Waals surface area contributed by atoms with E-state index in [0.29, 0.717) is 5.82 Å². The van der Waals surface area contributed by atoms with Crippen LogP contribution in [0.5, 0.6) is 0 Å². The molecule has 0 unspecified atom stereocenters. The van der Waals surface area contributed by atoms with Crippen LogP contribution in [0.4, 0.5) is 5.82 Å². The fraction of sp³-hybridized carbons (Fsp3) is 0.167. The predicted octanol–water partition coefficient (Wildman–Crippen LogP) is 1.96. The van der Waals surface area contributed by atoms with Gasteiger partial charge in [0.05, 0.1) is 0 Å². The molecule has 0 spiro atoms. The molecule has 2 aromatic rings. The van der Waals surface area contributed by atoms with E-state index in [1.165, 1.54) is 11.1 Å². The molecule has 2 rings (SSSR count). The zero-order chi connectivity index (χ0) is 10.7. The average Bonchev–Trinajstić information content (AvgIpc) is 2.24. The standard InChI is InChI=1S/C12H13N3/c1-9-11(4-5-12(13)15-9)7-10-3-2-6-14-8-10/h2-6,8H,7H2,1H3,(H2,13,15). The van der Waals surface area contributed by atoms with Gasteiger partial charge in [-0.3, -0.25) is 4.98 Å². The number of nitrogens with two attached hydrogens (primary N) is 1. The molecule has 15 heavy (non-hydrogen) atoms. The Hall–Kier alpha value is -1.90. The molecule has 0 saturated heterocycles. The van der Waals surface area contributed by atoms with E-state index in [1.54, 1.807) is 6.20 Å². The Kier molecular flexibility index (Phi) is 2.63. The van der Waals surface area contributed by atoms with Crippen LogP contribution in [0.2, 0.25) is 0 Å². The molecule has 3 nitrogen and oxygen atoms in total. The molecule has 0 radical (unpaired) electrons. The van der Waals surface area contributed by atoms with E-state index in [9.17, 15) is 0 Å². The third kappa shape index (κ3) is 2.31. The second-order valence-electron chi connectivity index (χ2n) is 3.52. The molecule has 0 saturated carbocycles. The fourth-order valence-electron chi connectivity index (χ4n) is 1.52. The predicted molar refractivity (Wildman–Crippen MR) is 60.4 cm³/mol. The molecule has 2 heterocycles. The van der Waals surface area contributed by atoms with Gasteiger partial charge in [-0.25, -0.2) is 4.98 Å². The van der Waals surface area contributed by atoms with Gasteiger partial charge >= 0.3 is 0 Å². The minimum atomic E-state index is 0.572. The minimum absolute atomic E-state index is 0.572. The summed E-state index contributed by atoms with van der Waals surface area (Å²) >= 11 is 0. The number of anilines is 1. The van der Waals surface area contributed by atoms with Crippen LogP contribution in [-0.2, 0) is 6.42 Å². The number of rotatable bonds is 2. The Balaban J connectivity index is 2.25. The van der Waals surface area contributed by atoms with Gasteiger partial charge in [0.25, 0.3) is 0 Å². The van der Waals surface area contributed by atoms with E-state index in [4.69, 9.17) is 5.73 Å². The molecule has 0 amide bonds. The molecule has 76 valence electrons. The third-order valence-electron chi connectivity index (χ3n) is 2.33. The summed E-state index contributed by atoms with van der Waals surface area (Å²) < 4.78 is 0. The lowest BCUT2D eigenvalue weighted by Gasteiger charge is -2.05. The van der Waals surface area contributed by atoms with E-state index >= 15 is 0 Å². The Morgan fingerprint density at radius 1 is 1.27 bits per heavy atom. The summed E-state index contributed by atoms with van der Waals surface area (Å²) in [5.41, 5.74) is 8.96. The van der Waals surface area contributed by atoms with Crippen LogP contribution in [0, 0.1) is 6.92 Å². The van der Waals surface area contributed by atoms with E-state index in [2.05, 4.69) is 16.0 Å². The lowest BCUT2D eigenvalue weighted by Crippen LogP contribution is -1.98. The smallest absolute Gasteiger partial charge is 0.123 e. The van der Waals surface area contributed by atoms with Gasteiger partial charge in [0.15, 0.2) is 0 Å². The van der Waals surface area contributed by atoms with Crippen LogP contribution < -0.4 is 5.73 Å². The number of aromatic nitrogens is 2. The average molecular weight is 199 g/mol. The van der Waals surface area contributed by atoms with Crippen molar-refractivity contribution in [2.45, 2.75) is 13.3 Å². The second-order valence-corrected chi connectivity index (χ2v) is 3.52. The molecule has 0 aliphatic carbocycles. The maximum atomic E-state index is 5.60. The van der Waals surface area contributed by atoms with Crippen LogP contribution in [0.3, 0.4) is 0 Å². The fourth-order valence-corrected chi connectivity index (χ4v) is 1.52. The number of aryl methyl sites for hydroxylation is 1. The van der Waals surface area contributed by atoms with Gasteiger partial charge in [-0.2, -0.15) is 0 Å². The number of hydrogen-bond donors (Lipinski definition) is 1. The van der Waals surface area contributed by atoms with Crippen molar-refractivity contribution in [1.82, 2.24) is 9.97 Å². The second kappa shape index (κ2) is 4.09. The molecule has 0 fully saturated rings. The van der Waals surface area contributed by atoms with Gasteiger partial charge < -0.3 is 5.73 Å². The van der Waals surface area contributed by atoms with Crippen molar-refractivity contribution in [3.8, 4) is 0 Å². The van der Waals surface area contributed by atoms with Crippen molar-refractivity contribution in [2.24, 2.45) is 0 Å². The van der Waals surface area contributed by atoms with E-state index in [0.717, 1.165) is 12.1 Å². The summed E-state index contributed by atoms with van der Waals surface area (Å²) in [5.74, 6) is 0.572. The van der Waals surface area contributed by atoms with Gasteiger partial charge in [0.1, 0.15) is 5.82 Å². The highest BCUT2D eigenvalue weighted by atomic mass is 14.8. The first kappa shape index (κ1) is 9.65. The Labute approximate surface area is 89.0 Å². The molecule has 0 atom stereocenters. The SMILES string of the molecule is Cc1nc(N)ccc1Cc1cccnc1. The van der Waals surface area contributed by atoms with E-state index in [-0.39, 0.29) is 0 Å². The van der Waals surface area contributed by atoms with E-state index in [1.807, 2.05) is 31.3 Å². The van der Waals surface area contributed by atoms with Crippen LogP contribution in [0.25, 0.3) is 0 Å². The first-order chi connectivity index (χ1) is 7.25. The third-order valence-corrected chi connectivity index (χ3v) is 2.33. The molecular formula is C12H13N3. The summed E-state index contributed by atoms with van der Waals surface area (Å²) in [5, 5.41) is 0. The summed E-state index contributed by atoms with van der Waals surface area (Å²) in [6.07, 6.45) is 4.50. The molecule has 2 aromatic heterocycles. The summed E-state index contributed by atoms with van der Waals surface area (Å²) in [7, 11) is 0. The molecular weight excluding hydrogens is 186 g/mol. The van der Waals surface area contributed by atoms with Crippen LogP contribution in [0.15, 0.2) is 36.7 Å². The van der Waals surface area contributed by atoms with Gasteiger partial charge in [0.2, 0.25) is 0 Å². The topological polar surface area (TPSA) is 51.8 Å².